The highest BCUT2D eigenvalue weighted by atomic mass is 16.5. The quantitative estimate of drug-likeness (QED) is 0.440. The Hall–Kier alpha value is -2.90. The number of aryl methyl sites for hydroxylation is 1. The highest BCUT2D eigenvalue weighted by Crippen LogP contribution is 2.44. The van der Waals surface area contributed by atoms with Crippen molar-refractivity contribution in [2.24, 2.45) is 17.6 Å². The number of nitrogens with two attached hydrogens (primary N) is 1. The van der Waals surface area contributed by atoms with Gasteiger partial charge in [0.05, 0.1) is 5.60 Å². The average Bonchev–Trinajstić information content (AvgIpc) is 3.34. The summed E-state index contributed by atoms with van der Waals surface area (Å²) in [6.45, 7) is 5.19. The maximum Gasteiger partial charge on any atom is 0.225 e. The van der Waals surface area contributed by atoms with Crippen LogP contribution in [0.25, 0.3) is 0 Å². The molecular formula is C30H41N3O4. The van der Waals surface area contributed by atoms with E-state index >= 15 is 0 Å². The molecule has 0 bridgehead atoms. The van der Waals surface area contributed by atoms with Crippen LogP contribution in [0.1, 0.15) is 63.0 Å². The fraction of sp³-hybridized carbons (Fsp3) is 0.533. The first-order valence-electron chi connectivity index (χ1n) is 13.6. The third-order valence-corrected chi connectivity index (χ3v) is 8.01. The number of carbonyl (C=O) groups is 2. The first-order chi connectivity index (χ1) is 17.8. The predicted molar refractivity (Wildman–Crippen MR) is 144 cm³/mol. The van der Waals surface area contributed by atoms with Crippen LogP contribution in [0, 0.1) is 18.8 Å². The van der Waals surface area contributed by atoms with Crippen LogP contribution in [0.3, 0.4) is 0 Å². The van der Waals surface area contributed by atoms with Gasteiger partial charge in [-0.25, -0.2) is 0 Å². The third-order valence-electron chi connectivity index (χ3n) is 8.01. The van der Waals surface area contributed by atoms with E-state index in [0.717, 1.165) is 49.0 Å². The van der Waals surface area contributed by atoms with E-state index in [4.69, 9.17) is 10.5 Å². The molecule has 4 rings (SSSR count). The number of nitrogens with zero attached hydrogens (tertiary/aromatic N) is 1. The number of amides is 2. The van der Waals surface area contributed by atoms with Crippen LogP contribution in [0.2, 0.25) is 0 Å². The Kier molecular flexibility index (Phi) is 8.87. The number of rotatable bonds is 9. The van der Waals surface area contributed by atoms with Crippen molar-refractivity contribution in [3.63, 3.8) is 0 Å². The lowest BCUT2D eigenvalue weighted by Gasteiger charge is -2.44. The molecule has 1 saturated heterocycles. The van der Waals surface area contributed by atoms with E-state index in [9.17, 15) is 14.7 Å². The number of likely N-dealkylation sites (tertiary alicyclic amines) is 1. The Morgan fingerprint density at radius 3 is 2.54 bits per heavy atom. The molecule has 1 aliphatic heterocycles. The molecule has 4 atom stereocenters. The van der Waals surface area contributed by atoms with Gasteiger partial charge in [-0.05, 0) is 69.6 Å². The molecule has 0 radical (unpaired) electrons. The molecule has 2 aliphatic rings. The van der Waals surface area contributed by atoms with Crippen LogP contribution < -0.4 is 15.8 Å². The first kappa shape index (κ1) is 27.1. The molecular weight excluding hydrogens is 466 g/mol. The van der Waals surface area contributed by atoms with E-state index in [-0.39, 0.29) is 29.7 Å². The van der Waals surface area contributed by atoms with Crippen molar-refractivity contribution < 1.29 is 19.4 Å². The molecule has 1 heterocycles. The second kappa shape index (κ2) is 12.1. The van der Waals surface area contributed by atoms with Crippen molar-refractivity contribution >= 4 is 11.8 Å². The van der Waals surface area contributed by atoms with Gasteiger partial charge in [-0.1, -0.05) is 36.4 Å². The smallest absolute Gasteiger partial charge is 0.225 e. The fourth-order valence-corrected chi connectivity index (χ4v) is 5.95. The van der Waals surface area contributed by atoms with Gasteiger partial charge in [-0.15, -0.1) is 0 Å². The van der Waals surface area contributed by atoms with Gasteiger partial charge in [-0.2, -0.15) is 0 Å². The molecule has 37 heavy (non-hydrogen) atoms. The molecule has 1 saturated carbocycles. The summed E-state index contributed by atoms with van der Waals surface area (Å²) in [5.41, 5.74) is 6.61. The minimum absolute atomic E-state index is 0.0155. The maximum absolute atomic E-state index is 13.4. The minimum Gasteiger partial charge on any atom is -0.457 e. The van der Waals surface area contributed by atoms with E-state index in [2.05, 4.69) is 5.32 Å². The van der Waals surface area contributed by atoms with Crippen molar-refractivity contribution in [1.29, 1.82) is 0 Å². The van der Waals surface area contributed by atoms with E-state index in [0.29, 0.717) is 38.2 Å². The zero-order valence-corrected chi connectivity index (χ0v) is 22.1. The third kappa shape index (κ3) is 6.51. The van der Waals surface area contributed by atoms with E-state index in [1.807, 2.05) is 60.4 Å². The zero-order chi connectivity index (χ0) is 26.4. The second-order valence-electron chi connectivity index (χ2n) is 10.8. The molecule has 0 spiro atoms. The van der Waals surface area contributed by atoms with Crippen molar-refractivity contribution in [2.75, 3.05) is 19.6 Å². The van der Waals surface area contributed by atoms with Crippen molar-refractivity contribution in [3.05, 3.63) is 59.7 Å². The number of para-hydroxylation sites is 2. The molecule has 4 N–H and O–H groups in total. The summed E-state index contributed by atoms with van der Waals surface area (Å²) >= 11 is 0. The summed E-state index contributed by atoms with van der Waals surface area (Å²) in [7, 11) is 0. The van der Waals surface area contributed by atoms with Crippen LogP contribution in [-0.4, -0.2) is 47.5 Å². The number of benzene rings is 2. The Morgan fingerprint density at radius 2 is 1.84 bits per heavy atom. The molecule has 2 fully saturated rings. The van der Waals surface area contributed by atoms with Crippen LogP contribution in [0.15, 0.2) is 48.5 Å². The van der Waals surface area contributed by atoms with Crippen molar-refractivity contribution in [2.45, 2.75) is 70.4 Å². The molecule has 2 aromatic carbocycles. The monoisotopic (exact) mass is 507 g/mol. The van der Waals surface area contributed by atoms with E-state index < -0.39 is 5.60 Å². The average molecular weight is 508 g/mol. The largest absolute Gasteiger partial charge is 0.457 e. The zero-order valence-electron chi connectivity index (χ0n) is 22.1. The Balaban J connectivity index is 1.61. The number of aliphatic hydroxyl groups is 1. The minimum atomic E-state index is -1.22. The lowest BCUT2D eigenvalue weighted by Crippen LogP contribution is -2.49. The highest BCUT2D eigenvalue weighted by Gasteiger charge is 2.44. The number of carbonyl (C=O) groups excluding carboxylic acids is 2. The molecule has 2 aromatic rings. The number of ether oxygens (including phenoxy) is 1. The number of nitrogens with one attached hydrogen (secondary N) is 1. The van der Waals surface area contributed by atoms with Crippen molar-refractivity contribution in [3.8, 4) is 11.5 Å². The molecule has 1 aliphatic carbocycles. The van der Waals surface area contributed by atoms with Crippen LogP contribution >= 0.6 is 0 Å². The van der Waals surface area contributed by atoms with Crippen LogP contribution in [0.4, 0.5) is 0 Å². The summed E-state index contributed by atoms with van der Waals surface area (Å²) in [4.78, 5) is 26.7. The lowest BCUT2D eigenvalue weighted by molar-refractivity contribution is -0.141. The lowest BCUT2D eigenvalue weighted by atomic mass is 9.73. The number of piperidine rings is 1. The number of hydrogen-bond acceptors (Lipinski definition) is 5. The summed E-state index contributed by atoms with van der Waals surface area (Å²) in [6, 6.07) is 15.6. The van der Waals surface area contributed by atoms with Gasteiger partial charge < -0.3 is 25.8 Å². The van der Waals surface area contributed by atoms with Gasteiger partial charge >= 0.3 is 0 Å². The van der Waals surface area contributed by atoms with Gasteiger partial charge in [0.1, 0.15) is 11.5 Å². The Labute approximate surface area is 220 Å². The Morgan fingerprint density at radius 1 is 1.11 bits per heavy atom. The second-order valence-corrected chi connectivity index (χ2v) is 10.8. The summed E-state index contributed by atoms with van der Waals surface area (Å²) in [6.07, 6.45) is 5.18. The summed E-state index contributed by atoms with van der Waals surface area (Å²) < 4.78 is 6.37. The van der Waals surface area contributed by atoms with E-state index in [1.165, 1.54) is 6.92 Å². The first-order valence-corrected chi connectivity index (χ1v) is 13.6. The van der Waals surface area contributed by atoms with E-state index in [1.54, 1.807) is 0 Å². The number of hydrogen-bond donors (Lipinski definition) is 3. The SMILES string of the molecule is CC(=O)NCCC[C@@](O)(c1ccccc1Oc1ccccc1C)[C@@H]1CCCN(C(=O)[C@@H]2CC[C@H](N)C2)C1. The van der Waals surface area contributed by atoms with Gasteiger partial charge in [0.2, 0.25) is 11.8 Å². The summed E-state index contributed by atoms with van der Waals surface area (Å²) in [5, 5.41) is 15.3. The van der Waals surface area contributed by atoms with Gasteiger partial charge in [0.15, 0.2) is 0 Å². The van der Waals surface area contributed by atoms with Crippen LogP contribution in [-0.2, 0) is 15.2 Å². The molecule has 0 unspecified atom stereocenters. The molecule has 2 amide bonds. The van der Waals surface area contributed by atoms with Gasteiger partial charge in [-0.3, -0.25) is 9.59 Å². The highest BCUT2D eigenvalue weighted by molar-refractivity contribution is 5.79. The maximum atomic E-state index is 13.4. The van der Waals surface area contributed by atoms with Gasteiger partial charge in [0, 0.05) is 50.0 Å². The molecule has 200 valence electrons. The fourth-order valence-electron chi connectivity index (χ4n) is 5.95. The molecule has 7 nitrogen and oxygen atoms in total. The predicted octanol–water partition coefficient (Wildman–Crippen LogP) is 4.26. The van der Waals surface area contributed by atoms with Crippen LogP contribution in [0.5, 0.6) is 11.5 Å². The molecule has 0 aromatic heterocycles. The van der Waals surface area contributed by atoms with Crippen molar-refractivity contribution in [1.82, 2.24) is 10.2 Å². The summed E-state index contributed by atoms with van der Waals surface area (Å²) in [5.74, 6) is 1.27. The topological polar surface area (TPSA) is 105 Å². The standard InChI is InChI=1S/C30H41N3O4/c1-21-9-3-5-12-27(21)37-28-13-6-4-11-26(28)30(36,16-8-17-32-22(2)34)24-10-7-18-33(20-24)29(35)23-14-15-25(31)19-23/h3-6,9,11-13,23-25,36H,7-8,10,14-20,31H2,1-2H3,(H,32,34)/t23-,24-,25+,30+/m1/s1. The Bertz CT molecular complexity index is 1090. The molecule has 7 heteroatoms. The normalized spacial score (nSPS) is 23.4. The van der Waals surface area contributed by atoms with Gasteiger partial charge in [0.25, 0.3) is 0 Å².